The summed E-state index contributed by atoms with van der Waals surface area (Å²) in [7, 11) is 1.87. The van der Waals surface area contributed by atoms with Gasteiger partial charge in [-0.2, -0.15) is 0 Å². The molecule has 0 N–H and O–H groups in total. The molecule has 2 heterocycles. The van der Waals surface area contributed by atoms with Crippen molar-refractivity contribution in [2.45, 2.75) is 38.8 Å². The van der Waals surface area contributed by atoms with Gasteiger partial charge in [-0.1, -0.05) is 18.2 Å². The largest absolute Gasteiger partial charge is 0.341 e. The third-order valence-electron chi connectivity index (χ3n) is 4.77. The summed E-state index contributed by atoms with van der Waals surface area (Å²) in [5, 5.41) is 2.94. The molecule has 1 aliphatic rings. The summed E-state index contributed by atoms with van der Waals surface area (Å²) in [5.41, 5.74) is 1.56. The van der Waals surface area contributed by atoms with E-state index in [-0.39, 0.29) is 17.8 Å². The maximum Gasteiger partial charge on any atom is 0.228 e. The fourth-order valence-electron chi connectivity index (χ4n) is 3.33. The van der Waals surface area contributed by atoms with E-state index >= 15 is 0 Å². The molecule has 2 aromatic rings. The standard InChI is InChI=1S/C19H24FN3OS/c1-14-21-16(13-25-14)10-19(24)22(2)17-7-5-9-23(12-17)11-15-6-3-4-8-18(15)20/h3-4,6,8,13,17H,5,7,9-12H2,1-2H3. The number of halogens is 1. The average Bonchev–Trinajstić information content (AvgIpc) is 3.01. The molecule has 0 saturated carbocycles. The number of aryl methyl sites for hydroxylation is 1. The summed E-state index contributed by atoms with van der Waals surface area (Å²) in [5.74, 6) is -0.0593. The predicted octanol–water partition coefficient (Wildman–Crippen LogP) is 3.26. The molecule has 1 saturated heterocycles. The molecule has 1 atom stereocenters. The zero-order valence-corrected chi connectivity index (χ0v) is 15.6. The van der Waals surface area contributed by atoms with E-state index in [2.05, 4.69) is 9.88 Å². The zero-order valence-electron chi connectivity index (χ0n) is 14.7. The lowest BCUT2D eigenvalue weighted by atomic mass is 10.0. The number of rotatable bonds is 5. The minimum Gasteiger partial charge on any atom is -0.341 e. The molecule has 1 amide bonds. The Kier molecular flexibility index (Phi) is 5.81. The molecule has 4 nitrogen and oxygen atoms in total. The molecule has 0 bridgehead atoms. The Morgan fingerprint density at radius 1 is 1.44 bits per heavy atom. The van der Waals surface area contributed by atoms with Gasteiger partial charge in [0.2, 0.25) is 5.91 Å². The van der Waals surface area contributed by atoms with Crippen LogP contribution in [0, 0.1) is 12.7 Å². The van der Waals surface area contributed by atoms with Crippen LogP contribution in [0.25, 0.3) is 0 Å². The normalized spacial score (nSPS) is 18.3. The third kappa shape index (κ3) is 4.64. The zero-order chi connectivity index (χ0) is 17.8. The van der Waals surface area contributed by atoms with Crippen LogP contribution in [-0.2, 0) is 17.8 Å². The highest BCUT2D eigenvalue weighted by Gasteiger charge is 2.26. The molecule has 25 heavy (non-hydrogen) atoms. The maximum absolute atomic E-state index is 13.9. The summed E-state index contributed by atoms with van der Waals surface area (Å²) in [6.45, 7) is 4.27. The number of carbonyl (C=O) groups excluding carboxylic acids is 1. The minimum absolute atomic E-state index is 0.100. The fraction of sp³-hybridized carbons (Fsp3) is 0.474. The van der Waals surface area contributed by atoms with E-state index < -0.39 is 0 Å². The number of likely N-dealkylation sites (tertiary alicyclic amines) is 1. The van der Waals surface area contributed by atoms with Crippen LogP contribution < -0.4 is 0 Å². The lowest BCUT2D eigenvalue weighted by molar-refractivity contribution is -0.132. The number of aromatic nitrogens is 1. The monoisotopic (exact) mass is 361 g/mol. The first-order chi connectivity index (χ1) is 12.0. The van der Waals surface area contributed by atoms with Gasteiger partial charge >= 0.3 is 0 Å². The first-order valence-electron chi connectivity index (χ1n) is 8.65. The molecule has 0 radical (unpaired) electrons. The van der Waals surface area contributed by atoms with Crippen molar-refractivity contribution in [2.24, 2.45) is 0 Å². The summed E-state index contributed by atoms with van der Waals surface area (Å²) in [6, 6.07) is 7.09. The van der Waals surface area contributed by atoms with E-state index in [9.17, 15) is 9.18 Å². The molecule has 1 unspecified atom stereocenters. The number of benzene rings is 1. The Labute approximate surface area is 152 Å². The maximum atomic E-state index is 13.9. The van der Waals surface area contributed by atoms with Crippen molar-refractivity contribution in [3.8, 4) is 0 Å². The van der Waals surface area contributed by atoms with Crippen molar-refractivity contribution in [1.29, 1.82) is 0 Å². The van der Waals surface area contributed by atoms with Crippen LogP contribution in [0.3, 0.4) is 0 Å². The van der Waals surface area contributed by atoms with E-state index in [1.54, 1.807) is 17.4 Å². The first-order valence-corrected chi connectivity index (χ1v) is 9.53. The van der Waals surface area contributed by atoms with Gasteiger partial charge in [-0.15, -0.1) is 11.3 Å². The molecule has 134 valence electrons. The fourth-order valence-corrected chi connectivity index (χ4v) is 3.94. The number of carbonyl (C=O) groups is 1. The van der Waals surface area contributed by atoms with Crippen molar-refractivity contribution in [2.75, 3.05) is 20.1 Å². The van der Waals surface area contributed by atoms with Crippen molar-refractivity contribution >= 4 is 17.2 Å². The Morgan fingerprint density at radius 2 is 2.24 bits per heavy atom. The molecule has 1 fully saturated rings. The van der Waals surface area contributed by atoms with Gasteiger partial charge in [-0.25, -0.2) is 9.37 Å². The van der Waals surface area contributed by atoms with E-state index in [1.165, 1.54) is 6.07 Å². The quantitative estimate of drug-likeness (QED) is 0.820. The minimum atomic E-state index is -0.159. The van der Waals surface area contributed by atoms with Crippen molar-refractivity contribution in [3.05, 3.63) is 51.7 Å². The first kappa shape index (κ1) is 18.0. The lowest BCUT2D eigenvalue weighted by Gasteiger charge is -2.37. The van der Waals surface area contributed by atoms with Crippen molar-refractivity contribution in [1.82, 2.24) is 14.8 Å². The van der Waals surface area contributed by atoms with Crippen LogP contribution in [0.15, 0.2) is 29.6 Å². The van der Waals surface area contributed by atoms with E-state index in [1.807, 2.05) is 36.4 Å². The number of piperidine rings is 1. The van der Waals surface area contributed by atoms with E-state index in [0.29, 0.717) is 13.0 Å². The highest BCUT2D eigenvalue weighted by Crippen LogP contribution is 2.19. The number of nitrogens with zero attached hydrogens (tertiary/aromatic N) is 3. The van der Waals surface area contributed by atoms with Gasteiger partial charge in [0, 0.05) is 37.1 Å². The summed E-state index contributed by atoms with van der Waals surface area (Å²) >= 11 is 1.57. The third-order valence-corrected chi connectivity index (χ3v) is 5.59. The SMILES string of the molecule is Cc1nc(CC(=O)N(C)C2CCCN(Cc3ccccc3F)C2)cs1. The molecular weight excluding hydrogens is 337 g/mol. The molecular formula is C19H24FN3OS. The Morgan fingerprint density at radius 3 is 2.96 bits per heavy atom. The highest BCUT2D eigenvalue weighted by atomic mass is 32.1. The van der Waals surface area contributed by atoms with Crippen molar-refractivity contribution < 1.29 is 9.18 Å². The average molecular weight is 361 g/mol. The molecule has 6 heteroatoms. The van der Waals surface area contributed by atoms with Gasteiger partial charge in [0.25, 0.3) is 0 Å². The Bertz CT molecular complexity index is 733. The second-order valence-electron chi connectivity index (χ2n) is 6.66. The molecule has 3 rings (SSSR count). The highest BCUT2D eigenvalue weighted by molar-refractivity contribution is 7.09. The second-order valence-corrected chi connectivity index (χ2v) is 7.72. The van der Waals surface area contributed by atoms with Crippen LogP contribution in [0.5, 0.6) is 0 Å². The molecule has 1 aromatic heterocycles. The van der Waals surface area contributed by atoms with E-state index in [4.69, 9.17) is 0 Å². The van der Waals surface area contributed by atoms with Gasteiger partial charge < -0.3 is 4.90 Å². The van der Waals surface area contributed by atoms with Crippen LogP contribution in [-0.4, -0.2) is 46.9 Å². The predicted molar refractivity (Wildman–Crippen MR) is 98.0 cm³/mol. The number of thiazole rings is 1. The number of hydrogen-bond donors (Lipinski definition) is 0. The van der Waals surface area contributed by atoms with Gasteiger partial charge in [0.1, 0.15) is 5.82 Å². The van der Waals surface area contributed by atoms with Gasteiger partial charge in [0.05, 0.1) is 17.1 Å². The molecule has 0 aliphatic carbocycles. The molecule has 1 aromatic carbocycles. The smallest absolute Gasteiger partial charge is 0.228 e. The summed E-state index contributed by atoms with van der Waals surface area (Å²) in [4.78, 5) is 21.0. The van der Waals surface area contributed by atoms with E-state index in [0.717, 1.165) is 42.2 Å². The van der Waals surface area contributed by atoms with Gasteiger partial charge in [-0.05, 0) is 32.4 Å². The second kappa shape index (κ2) is 8.06. The van der Waals surface area contributed by atoms with Crippen LogP contribution in [0.2, 0.25) is 0 Å². The van der Waals surface area contributed by atoms with Gasteiger partial charge in [-0.3, -0.25) is 9.69 Å². The molecule has 0 spiro atoms. The molecule has 1 aliphatic heterocycles. The Balaban J connectivity index is 1.58. The summed E-state index contributed by atoms with van der Waals surface area (Å²) < 4.78 is 13.9. The lowest BCUT2D eigenvalue weighted by Crippen LogP contribution is -2.48. The van der Waals surface area contributed by atoms with Crippen LogP contribution in [0.1, 0.15) is 29.1 Å². The van der Waals surface area contributed by atoms with Crippen molar-refractivity contribution in [3.63, 3.8) is 0 Å². The Hall–Kier alpha value is -1.79. The summed E-state index contributed by atoms with van der Waals surface area (Å²) in [6.07, 6.45) is 2.36. The van der Waals surface area contributed by atoms with Crippen LogP contribution in [0.4, 0.5) is 4.39 Å². The van der Waals surface area contributed by atoms with Crippen LogP contribution >= 0.6 is 11.3 Å². The number of hydrogen-bond acceptors (Lipinski definition) is 4. The number of likely N-dealkylation sites (N-methyl/N-ethyl adjacent to an activating group) is 1. The topological polar surface area (TPSA) is 36.4 Å². The number of amides is 1. The van der Waals surface area contributed by atoms with Gasteiger partial charge in [0.15, 0.2) is 0 Å².